The van der Waals surface area contributed by atoms with Gasteiger partial charge in [-0.15, -0.1) is 0 Å². The molecule has 3 nitrogen and oxygen atoms in total. The van der Waals surface area contributed by atoms with Crippen molar-refractivity contribution in [2.45, 2.75) is 58.5 Å². The van der Waals surface area contributed by atoms with E-state index in [1.807, 2.05) is 6.92 Å². The summed E-state index contributed by atoms with van der Waals surface area (Å²) in [5, 5.41) is 20.0. The van der Waals surface area contributed by atoms with Crippen LogP contribution in [0.3, 0.4) is 0 Å². The molecule has 1 unspecified atom stereocenters. The molecule has 0 radical (unpaired) electrons. The molecule has 0 saturated heterocycles. The molecule has 3 heteroatoms. The van der Waals surface area contributed by atoms with E-state index in [0.717, 1.165) is 31.6 Å². The number of rotatable bonds is 5. The normalized spacial score (nSPS) is 32.8. The van der Waals surface area contributed by atoms with Crippen molar-refractivity contribution in [3.05, 3.63) is 0 Å². The fourth-order valence-electron chi connectivity index (χ4n) is 2.79. The van der Waals surface area contributed by atoms with E-state index >= 15 is 0 Å². The van der Waals surface area contributed by atoms with Gasteiger partial charge in [0.25, 0.3) is 0 Å². The molecule has 98 valence electrons. The van der Waals surface area contributed by atoms with Gasteiger partial charge in [-0.2, -0.15) is 5.26 Å². The van der Waals surface area contributed by atoms with Crippen LogP contribution in [0.15, 0.2) is 0 Å². The SMILES string of the molecule is CCOCC(C)(O)C1(C#N)CCC(CC)CC1. The van der Waals surface area contributed by atoms with Gasteiger partial charge >= 0.3 is 0 Å². The van der Waals surface area contributed by atoms with Crippen molar-refractivity contribution in [2.75, 3.05) is 13.2 Å². The zero-order valence-corrected chi connectivity index (χ0v) is 11.3. The summed E-state index contributed by atoms with van der Waals surface area (Å²) in [6, 6.07) is 2.38. The van der Waals surface area contributed by atoms with E-state index in [1.165, 1.54) is 6.42 Å². The van der Waals surface area contributed by atoms with Crippen LogP contribution in [0.25, 0.3) is 0 Å². The van der Waals surface area contributed by atoms with Crippen molar-refractivity contribution in [1.82, 2.24) is 0 Å². The molecule has 1 saturated carbocycles. The summed E-state index contributed by atoms with van der Waals surface area (Å²) in [7, 11) is 0. The maximum atomic E-state index is 10.5. The minimum atomic E-state index is -1.03. The second-order valence-corrected chi connectivity index (χ2v) is 5.46. The van der Waals surface area contributed by atoms with Crippen molar-refractivity contribution < 1.29 is 9.84 Å². The number of nitrogens with zero attached hydrogens (tertiary/aromatic N) is 1. The molecule has 0 heterocycles. The quantitative estimate of drug-likeness (QED) is 0.802. The van der Waals surface area contributed by atoms with Crippen molar-refractivity contribution >= 4 is 0 Å². The van der Waals surface area contributed by atoms with E-state index in [-0.39, 0.29) is 6.61 Å². The molecular formula is C14H25NO2. The molecule has 0 aromatic carbocycles. The third-order valence-corrected chi connectivity index (χ3v) is 4.37. The van der Waals surface area contributed by atoms with Gasteiger partial charge in [-0.3, -0.25) is 0 Å². The first-order chi connectivity index (χ1) is 8.01. The van der Waals surface area contributed by atoms with Gasteiger partial charge in [-0.05, 0) is 45.4 Å². The Morgan fingerprint density at radius 2 is 2.00 bits per heavy atom. The Hall–Kier alpha value is -0.590. The number of ether oxygens (including phenoxy) is 1. The molecule has 1 rings (SSSR count). The fourth-order valence-corrected chi connectivity index (χ4v) is 2.79. The molecule has 1 fully saturated rings. The lowest BCUT2D eigenvalue weighted by Crippen LogP contribution is -2.50. The third kappa shape index (κ3) is 3.00. The summed E-state index contributed by atoms with van der Waals surface area (Å²) in [5.41, 5.74) is -1.65. The zero-order valence-electron chi connectivity index (χ0n) is 11.3. The van der Waals surface area contributed by atoms with Crippen LogP contribution in [0.5, 0.6) is 0 Å². The molecule has 1 N–H and O–H groups in total. The third-order valence-electron chi connectivity index (χ3n) is 4.37. The average molecular weight is 239 g/mol. The highest BCUT2D eigenvalue weighted by Gasteiger charge is 2.49. The van der Waals surface area contributed by atoms with Gasteiger partial charge in [0.05, 0.1) is 18.1 Å². The van der Waals surface area contributed by atoms with Crippen LogP contribution in [0.1, 0.15) is 52.9 Å². The maximum absolute atomic E-state index is 10.5. The highest BCUT2D eigenvalue weighted by Crippen LogP contribution is 2.46. The van der Waals surface area contributed by atoms with E-state index in [1.54, 1.807) is 6.92 Å². The lowest BCUT2D eigenvalue weighted by molar-refractivity contribution is -0.112. The van der Waals surface area contributed by atoms with Crippen LogP contribution in [0, 0.1) is 22.7 Å². The van der Waals surface area contributed by atoms with Gasteiger partial charge < -0.3 is 9.84 Å². The Balaban J connectivity index is 2.73. The van der Waals surface area contributed by atoms with E-state index in [0.29, 0.717) is 6.61 Å². The Kier molecular flexibility index (Phi) is 4.97. The average Bonchev–Trinajstić information content (AvgIpc) is 2.36. The number of hydrogen-bond donors (Lipinski definition) is 1. The number of hydrogen-bond acceptors (Lipinski definition) is 3. The molecular weight excluding hydrogens is 214 g/mol. The molecule has 1 atom stereocenters. The predicted octanol–water partition coefficient (Wildman–Crippen LogP) is 2.88. The van der Waals surface area contributed by atoms with Crippen LogP contribution in [0.2, 0.25) is 0 Å². The Bertz CT molecular complexity index is 272. The van der Waals surface area contributed by atoms with E-state index in [4.69, 9.17) is 4.74 Å². The largest absolute Gasteiger partial charge is 0.386 e. The van der Waals surface area contributed by atoms with Crippen LogP contribution < -0.4 is 0 Å². The summed E-state index contributed by atoms with van der Waals surface area (Å²) in [6.07, 6.45) is 4.86. The summed E-state index contributed by atoms with van der Waals surface area (Å²) in [5.74, 6) is 0.722. The lowest BCUT2D eigenvalue weighted by atomic mass is 9.62. The van der Waals surface area contributed by atoms with E-state index < -0.39 is 11.0 Å². The van der Waals surface area contributed by atoms with Crippen LogP contribution in [-0.2, 0) is 4.74 Å². The molecule has 0 aromatic rings. The van der Waals surface area contributed by atoms with Crippen molar-refractivity contribution in [3.8, 4) is 6.07 Å². The zero-order chi connectivity index (χ0) is 12.9. The molecule has 1 aliphatic carbocycles. The first-order valence-electron chi connectivity index (χ1n) is 6.72. The Morgan fingerprint density at radius 3 is 2.41 bits per heavy atom. The first kappa shape index (κ1) is 14.5. The van der Waals surface area contributed by atoms with E-state index in [2.05, 4.69) is 13.0 Å². The molecule has 0 aliphatic heterocycles. The van der Waals surface area contributed by atoms with Gasteiger partial charge in [0.2, 0.25) is 0 Å². The van der Waals surface area contributed by atoms with Gasteiger partial charge in [-0.25, -0.2) is 0 Å². The molecule has 0 bridgehead atoms. The molecule has 0 spiro atoms. The van der Waals surface area contributed by atoms with Gasteiger partial charge in [0.15, 0.2) is 0 Å². The topological polar surface area (TPSA) is 53.2 Å². The standard InChI is InChI=1S/C14H25NO2/c1-4-12-6-8-14(10-15,9-7-12)13(3,16)11-17-5-2/h12,16H,4-9,11H2,1-3H3. The van der Waals surface area contributed by atoms with Crippen LogP contribution >= 0.6 is 0 Å². The highest BCUT2D eigenvalue weighted by atomic mass is 16.5. The predicted molar refractivity (Wildman–Crippen MR) is 67.4 cm³/mol. The van der Waals surface area contributed by atoms with Crippen LogP contribution in [-0.4, -0.2) is 23.9 Å². The van der Waals surface area contributed by atoms with Gasteiger partial charge in [0, 0.05) is 6.61 Å². The van der Waals surface area contributed by atoms with Crippen LogP contribution in [0.4, 0.5) is 0 Å². The molecule has 0 amide bonds. The first-order valence-corrected chi connectivity index (χ1v) is 6.72. The number of aliphatic hydroxyl groups is 1. The summed E-state index contributed by atoms with van der Waals surface area (Å²) in [6.45, 7) is 6.69. The molecule has 17 heavy (non-hydrogen) atoms. The molecule has 1 aliphatic rings. The Morgan fingerprint density at radius 1 is 1.41 bits per heavy atom. The van der Waals surface area contributed by atoms with Crippen molar-refractivity contribution in [2.24, 2.45) is 11.3 Å². The maximum Gasteiger partial charge on any atom is 0.104 e. The number of nitriles is 1. The van der Waals surface area contributed by atoms with E-state index in [9.17, 15) is 10.4 Å². The van der Waals surface area contributed by atoms with Gasteiger partial charge in [0.1, 0.15) is 5.60 Å². The highest BCUT2D eigenvalue weighted by molar-refractivity contribution is 5.11. The second-order valence-electron chi connectivity index (χ2n) is 5.46. The lowest BCUT2D eigenvalue weighted by Gasteiger charge is -2.44. The van der Waals surface area contributed by atoms with Crippen molar-refractivity contribution in [3.63, 3.8) is 0 Å². The monoisotopic (exact) mass is 239 g/mol. The summed E-state index contributed by atoms with van der Waals surface area (Å²) in [4.78, 5) is 0. The summed E-state index contributed by atoms with van der Waals surface area (Å²) >= 11 is 0. The smallest absolute Gasteiger partial charge is 0.104 e. The second kappa shape index (κ2) is 5.84. The minimum Gasteiger partial charge on any atom is -0.386 e. The molecule has 0 aromatic heterocycles. The Labute approximate surface area is 105 Å². The van der Waals surface area contributed by atoms with Gasteiger partial charge in [-0.1, -0.05) is 13.3 Å². The van der Waals surface area contributed by atoms with Crippen molar-refractivity contribution in [1.29, 1.82) is 5.26 Å². The minimum absolute atomic E-state index is 0.258. The summed E-state index contributed by atoms with van der Waals surface area (Å²) < 4.78 is 5.33. The fraction of sp³-hybridized carbons (Fsp3) is 0.929.